The Morgan fingerprint density at radius 3 is 2.63 bits per heavy atom. The molecule has 1 aliphatic rings. The van der Waals surface area contributed by atoms with E-state index in [1.807, 2.05) is 17.1 Å². The molecule has 0 aromatic rings. The number of carbonyl (C=O) groups excluding carboxylic acids is 1. The lowest BCUT2D eigenvalue weighted by molar-refractivity contribution is -0.139. The summed E-state index contributed by atoms with van der Waals surface area (Å²) in [6, 6.07) is 0.430. The Labute approximate surface area is 111 Å². The third-order valence-electron chi connectivity index (χ3n) is 3.31. The van der Waals surface area contributed by atoms with Crippen LogP contribution in [0.2, 0.25) is 0 Å². The number of amides is 1. The van der Waals surface area contributed by atoms with Crippen LogP contribution in [0.1, 0.15) is 20.3 Å². The Bertz CT molecular complexity index is 296. The van der Waals surface area contributed by atoms with Crippen LogP contribution in [0.25, 0.3) is 0 Å². The average molecular weight is 281 g/mol. The molecule has 1 aliphatic heterocycles. The van der Waals surface area contributed by atoms with Crippen molar-refractivity contribution in [2.24, 2.45) is 5.92 Å². The van der Waals surface area contributed by atoms with E-state index in [9.17, 15) is 18.0 Å². The van der Waals surface area contributed by atoms with Gasteiger partial charge in [0.2, 0.25) is 5.91 Å². The van der Waals surface area contributed by atoms with Crippen LogP contribution in [0.4, 0.5) is 13.2 Å². The molecule has 19 heavy (non-hydrogen) atoms. The number of likely N-dealkylation sites (tertiary alicyclic amines) is 1. The highest BCUT2D eigenvalue weighted by Gasteiger charge is 2.29. The maximum atomic E-state index is 12.0. The summed E-state index contributed by atoms with van der Waals surface area (Å²) in [6.45, 7) is 5.30. The summed E-state index contributed by atoms with van der Waals surface area (Å²) in [5.41, 5.74) is 0. The molecule has 7 heteroatoms. The maximum absolute atomic E-state index is 12.0. The molecule has 2 N–H and O–H groups in total. The van der Waals surface area contributed by atoms with Gasteiger partial charge in [-0.25, -0.2) is 0 Å². The predicted octanol–water partition coefficient (Wildman–Crippen LogP) is 0.985. The lowest BCUT2D eigenvalue weighted by Gasteiger charge is -2.36. The Morgan fingerprint density at radius 2 is 2.11 bits per heavy atom. The van der Waals surface area contributed by atoms with Crippen LogP contribution in [0.15, 0.2) is 0 Å². The highest BCUT2D eigenvalue weighted by molar-refractivity contribution is 5.78. The van der Waals surface area contributed by atoms with Gasteiger partial charge in [0.05, 0.1) is 6.54 Å². The molecule has 0 aromatic carbocycles. The van der Waals surface area contributed by atoms with Crippen molar-refractivity contribution in [3.63, 3.8) is 0 Å². The molecule has 0 aliphatic carbocycles. The summed E-state index contributed by atoms with van der Waals surface area (Å²) >= 11 is 0. The van der Waals surface area contributed by atoms with Gasteiger partial charge in [-0.1, -0.05) is 13.8 Å². The third kappa shape index (κ3) is 6.24. The van der Waals surface area contributed by atoms with Crippen molar-refractivity contribution >= 4 is 5.91 Å². The first-order valence-electron chi connectivity index (χ1n) is 6.61. The molecule has 1 saturated heterocycles. The summed E-state index contributed by atoms with van der Waals surface area (Å²) in [4.78, 5) is 13.3. The number of rotatable bonds is 5. The van der Waals surface area contributed by atoms with E-state index >= 15 is 0 Å². The lowest BCUT2D eigenvalue weighted by Crippen LogP contribution is -2.51. The molecule has 4 nitrogen and oxygen atoms in total. The summed E-state index contributed by atoms with van der Waals surface area (Å²) < 4.78 is 35.9. The maximum Gasteiger partial charge on any atom is 0.405 e. The minimum Gasteiger partial charge on any atom is -0.346 e. The quantitative estimate of drug-likeness (QED) is 0.790. The smallest absolute Gasteiger partial charge is 0.346 e. The fourth-order valence-corrected chi connectivity index (χ4v) is 2.40. The van der Waals surface area contributed by atoms with Gasteiger partial charge < -0.3 is 10.6 Å². The molecule has 112 valence electrons. The summed E-state index contributed by atoms with van der Waals surface area (Å²) in [5.74, 6) is -0.171. The van der Waals surface area contributed by atoms with Gasteiger partial charge in [0.25, 0.3) is 0 Å². The molecular formula is C12H22F3N3O. The van der Waals surface area contributed by atoms with E-state index in [0.29, 0.717) is 12.0 Å². The van der Waals surface area contributed by atoms with E-state index in [-0.39, 0.29) is 6.54 Å². The minimum absolute atomic E-state index is 0.0409. The van der Waals surface area contributed by atoms with Crippen molar-refractivity contribution < 1.29 is 18.0 Å². The first kappa shape index (κ1) is 16.2. The van der Waals surface area contributed by atoms with Crippen molar-refractivity contribution in [2.75, 3.05) is 32.7 Å². The molecule has 2 atom stereocenters. The molecule has 1 heterocycles. The number of hydrogen-bond donors (Lipinski definition) is 2. The zero-order chi connectivity index (χ0) is 14.5. The van der Waals surface area contributed by atoms with Gasteiger partial charge in [0, 0.05) is 19.1 Å². The standard InChI is InChI=1S/C12H22F3N3O/c1-3-16-10-4-5-18(6-9(10)2)7-11(19)17-8-12(13,14)15/h9-10,16H,3-8H2,1-2H3,(H,17,19). The number of nitrogens with one attached hydrogen (secondary N) is 2. The van der Waals surface area contributed by atoms with E-state index < -0.39 is 18.6 Å². The average Bonchev–Trinajstić information content (AvgIpc) is 2.29. The normalized spacial score (nSPS) is 25.3. The van der Waals surface area contributed by atoms with E-state index in [4.69, 9.17) is 0 Å². The van der Waals surface area contributed by atoms with Crippen LogP contribution < -0.4 is 10.6 Å². The molecule has 0 saturated carbocycles. The van der Waals surface area contributed by atoms with Crippen molar-refractivity contribution in [3.05, 3.63) is 0 Å². The topological polar surface area (TPSA) is 44.4 Å². The Morgan fingerprint density at radius 1 is 1.42 bits per heavy atom. The van der Waals surface area contributed by atoms with E-state index in [0.717, 1.165) is 26.1 Å². The van der Waals surface area contributed by atoms with Crippen LogP contribution in [0.5, 0.6) is 0 Å². The monoisotopic (exact) mass is 281 g/mol. The summed E-state index contributed by atoms with van der Waals surface area (Å²) in [6.07, 6.45) is -3.43. The Balaban J connectivity index is 2.29. The van der Waals surface area contributed by atoms with Gasteiger partial charge in [-0.3, -0.25) is 9.69 Å². The van der Waals surface area contributed by atoms with E-state index in [2.05, 4.69) is 12.2 Å². The molecule has 0 bridgehead atoms. The van der Waals surface area contributed by atoms with Crippen molar-refractivity contribution in [2.45, 2.75) is 32.5 Å². The first-order chi connectivity index (χ1) is 8.81. The largest absolute Gasteiger partial charge is 0.405 e. The second kappa shape index (κ2) is 7.09. The van der Waals surface area contributed by atoms with Crippen LogP contribution in [0, 0.1) is 5.92 Å². The van der Waals surface area contributed by atoms with Gasteiger partial charge >= 0.3 is 6.18 Å². The summed E-state index contributed by atoms with van der Waals surface area (Å²) in [7, 11) is 0. The van der Waals surface area contributed by atoms with Crippen molar-refractivity contribution in [1.29, 1.82) is 0 Å². The Hall–Kier alpha value is -0.820. The molecule has 1 amide bonds. The Kier molecular flexibility index (Phi) is 6.06. The fourth-order valence-electron chi connectivity index (χ4n) is 2.40. The molecule has 2 unspecified atom stereocenters. The fraction of sp³-hybridized carbons (Fsp3) is 0.917. The second-order valence-electron chi connectivity index (χ2n) is 5.06. The van der Waals surface area contributed by atoms with E-state index in [1.54, 1.807) is 0 Å². The van der Waals surface area contributed by atoms with Crippen LogP contribution in [-0.2, 0) is 4.79 Å². The second-order valence-corrected chi connectivity index (χ2v) is 5.06. The van der Waals surface area contributed by atoms with Gasteiger partial charge in [-0.15, -0.1) is 0 Å². The van der Waals surface area contributed by atoms with Crippen LogP contribution in [-0.4, -0.2) is 55.7 Å². The molecule has 1 rings (SSSR count). The van der Waals surface area contributed by atoms with Crippen molar-refractivity contribution in [1.82, 2.24) is 15.5 Å². The molecule has 0 aromatic heterocycles. The molecular weight excluding hydrogens is 259 g/mol. The van der Waals surface area contributed by atoms with Gasteiger partial charge in [0.15, 0.2) is 0 Å². The molecule has 0 spiro atoms. The summed E-state index contributed by atoms with van der Waals surface area (Å²) in [5, 5.41) is 5.28. The highest BCUT2D eigenvalue weighted by Crippen LogP contribution is 2.16. The predicted molar refractivity (Wildman–Crippen MR) is 66.8 cm³/mol. The van der Waals surface area contributed by atoms with Gasteiger partial charge in [-0.05, 0) is 18.9 Å². The number of piperidine rings is 1. The third-order valence-corrected chi connectivity index (χ3v) is 3.31. The van der Waals surface area contributed by atoms with Gasteiger partial charge in [-0.2, -0.15) is 13.2 Å². The zero-order valence-corrected chi connectivity index (χ0v) is 11.4. The first-order valence-corrected chi connectivity index (χ1v) is 6.61. The highest BCUT2D eigenvalue weighted by atomic mass is 19.4. The van der Waals surface area contributed by atoms with Crippen molar-refractivity contribution in [3.8, 4) is 0 Å². The number of halogens is 3. The SMILES string of the molecule is CCNC1CCN(CC(=O)NCC(F)(F)F)CC1C. The molecule has 1 fully saturated rings. The minimum atomic E-state index is -4.35. The zero-order valence-electron chi connectivity index (χ0n) is 11.4. The van der Waals surface area contributed by atoms with Crippen LogP contribution >= 0.6 is 0 Å². The lowest BCUT2D eigenvalue weighted by atomic mass is 9.94. The molecule has 0 radical (unpaired) electrons. The number of carbonyl (C=O) groups is 1. The van der Waals surface area contributed by atoms with Crippen LogP contribution in [0.3, 0.4) is 0 Å². The van der Waals surface area contributed by atoms with Gasteiger partial charge in [0.1, 0.15) is 6.54 Å². The van der Waals surface area contributed by atoms with E-state index in [1.165, 1.54) is 0 Å². The number of hydrogen-bond acceptors (Lipinski definition) is 3. The number of alkyl halides is 3. The number of nitrogens with zero attached hydrogens (tertiary/aromatic N) is 1.